The summed E-state index contributed by atoms with van der Waals surface area (Å²) in [6.07, 6.45) is 2.99. The molecule has 1 aromatic rings. The Kier molecular flexibility index (Phi) is 5.24. The number of ether oxygens (including phenoxy) is 1. The third kappa shape index (κ3) is 3.96. The minimum absolute atomic E-state index is 0.749. The Hall–Kier alpha value is -1.04. The second-order valence-electron chi connectivity index (χ2n) is 5.05. The highest BCUT2D eigenvalue weighted by molar-refractivity contribution is 5.18. The molecule has 0 aromatic carbocycles. The summed E-state index contributed by atoms with van der Waals surface area (Å²) in [7, 11) is 5.79. The number of hydrogen-bond acceptors (Lipinski definition) is 4. The fourth-order valence-corrected chi connectivity index (χ4v) is 2.35. The van der Waals surface area contributed by atoms with E-state index in [1.807, 2.05) is 6.20 Å². The summed E-state index contributed by atoms with van der Waals surface area (Å²) < 4.78 is 5.12. The largest absolute Gasteiger partial charge is 0.464 e. The standard InChI is InChI=1S/C14H24N4O/c1-4-18(7-8-19-3)11-14-15-9-12-10-17(2)6-5-13(12)16-14/h9,17H,2,4-8,10-11H2,1,3H3. The van der Waals surface area contributed by atoms with Gasteiger partial charge in [-0.15, -0.1) is 0 Å². The van der Waals surface area contributed by atoms with Gasteiger partial charge < -0.3 is 9.64 Å². The van der Waals surface area contributed by atoms with Gasteiger partial charge in [-0.3, -0.25) is 4.90 Å². The van der Waals surface area contributed by atoms with E-state index in [-0.39, 0.29) is 0 Å². The van der Waals surface area contributed by atoms with Gasteiger partial charge in [0.25, 0.3) is 0 Å². The van der Waals surface area contributed by atoms with Crippen molar-refractivity contribution >= 4 is 0 Å². The molecule has 2 rings (SSSR count). The van der Waals surface area contributed by atoms with Crippen LogP contribution < -0.4 is 4.90 Å². The number of nitrogens with one attached hydrogen (secondary N) is 1. The lowest BCUT2D eigenvalue weighted by atomic mass is 10.1. The van der Waals surface area contributed by atoms with E-state index in [9.17, 15) is 0 Å². The molecule has 0 fully saturated rings. The van der Waals surface area contributed by atoms with Crippen molar-refractivity contribution < 1.29 is 9.64 Å². The number of aromatic nitrogens is 2. The second-order valence-corrected chi connectivity index (χ2v) is 5.05. The van der Waals surface area contributed by atoms with Crippen molar-refractivity contribution in [2.45, 2.75) is 26.4 Å². The van der Waals surface area contributed by atoms with Crippen LogP contribution in [0.4, 0.5) is 0 Å². The molecule has 5 nitrogen and oxygen atoms in total. The summed E-state index contributed by atoms with van der Waals surface area (Å²) in [6, 6.07) is 0. The fraction of sp³-hybridized carbons (Fsp3) is 0.643. The van der Waals surface area contributed by atoms with Gasteiger partial charge in [0.2, 0.25) is 0 Å². The van der Waals surface area contributed by atoms with Gasteiger partial charge >= 0.3 is 0 Å². The highest BCUT2D eigenvalue weighted by Crippen LogP contribution is 2.09. The van der Waals surface area contributed by atoms with Gasteiger partial charge in [0.15, 0.2) is 0 Å². The van der Waals surface area contributed by atoms with Crippen LogP contribution in [0, 0.1) is 7.05 Å². The zero-order valence-corrected chi connectivity index (χ0v) is 12.0. The van der Waals surface area contributed by atoms with E-state index in [4.69, 9.17) is 9.72 Å². The van der Waals surface area contributed by atoms with Crippen molar-refractivity contribution in [2.75, 3.05) is 33.4 Å². The van der Waals surface area contributed by atoms with Gasteiger partial charge in [-0.1, -0.05) is 6.92 Å². The van der Waals surface area contributed by atoms with Crippen molar-refractivity contribution in [3.63, 3.8) is 0 Å². The van der Waals surface area contributed by atoms with Crippen molar-refractivity contribution in [1.82, 2.24) is 14.9 Å². The van der Waals surface area contributed by atoms with Crippen molar-refractivity contribution in [3.05, 3.63) is 30.3 Å². The molecule has 0 radical (unpaired) electrons. The minimum atomic E-state index is 0.749. The van der Waals surface area contributed by atoms with Gasteiger partial charge in [0, 0.05) is 31.8 Å². The van der Waals surface area contributed by atoms with Crippen molar-refractivity contribution in [2.24, 2.45) is 0 Å². The molecule has 106 valence electrons. The zero-order chi connectivity index (χ0) is 13.7. The summed E-state index contributed by atoms with van der Waals surface area (Å²) in [4.78, 5) is 12.8. The molecule has 1 N–H and O–H groups in total. The maximum atomic E-state index is 5.12. The van der Waals surface area contributed by atoms with Crippen LogP contribution in [0.1, 0.15) is 24.0 Å². The van der Waals surface area contributed by atoms with Crippen LogP contribution in [0.15, 0.2) is 6.20 Å². The molecule has 5 heteroatoms. The molecule has 0 saturated heterocycles. The lowest BCUT2D eigenvalue weighted by Gasteiger charge is -2.27. The average Bonchev–Trinajstić information content (AvgIpc) is 2.43. The van der Waals surface area contributed by atoms with E-state index in [1.54, 1.807) is 7.11 Å². The molecule has 1 atom stereocenters. The summed E-state index contributed by atoms with van der Waals surface area (Å²) in [6.45, 7) is 7.61. The fourth-order valence-electron chi connectivity index (χ4n) is 2.35. The number of methoxy groups -OCH3 is 1. The molecule has 1 aliphatic heterocycles. The topological polar surface area (TPSA) is 42.7 Å². The van der Waals surface area contributed by atoms with Crippen LogP contribution in [-0.2, 0) is 24.2 Å². The summed E-state index contributed by atoms with van der Waals surface area (Å²) in [5.41, 5.74) is 2.46. The minimum Gasteiger partial charge on any atom is -0.464 e. The van der Waals surface area contributed by atoms with Crippen LogP contribution >= 0.6 is 0 Å². The molecule has 2 heterocycles. The zero-order valence-electron chi connectivity index (χ0n) is 12.0. The number of quaternary nitrogens is 1. The van der Waals surface area contributed by atoms with Gasteiger partial charge in [0.1, 0.15) is 5.82 Å². The molecule has 1 unspecified atom stereocenters. The Morgan fingerprint density at radius 1 is 1.53 bits per heavy atom. The van der Waals surface area contributed by atoms with E-state index < -0.39 is 0 Å². The predicted octanol–water partition coefficient (Wildman–Crippen LogP) is -0.323. The highest BCUT2D eigenvalue weighted by Gasteiger charge is 2.16. The molecule has 0 amide bonds. The number of rotatable bonds is 6. The molecule has 19 heavy (non-hydrogen) atoms. The van der Waals surface area contributed by atoms with Gasteiger partial charge in [-0.2, -0.15) is 7.05 Å². The first kappa shape index (κ1) is 14.4. The van der Waals surface area contributed by atoms with Crippen LogP contribution in [0.3, 0.4) is 0 Å². The third-order valence-corrected chi connectivity index (χ3v) is 3.58. The van der Waals surface area contributed by atoms with E-state index in [0.717, 1.165) is 51.6 Å². The van der Waals surface area contributed by atoms with Crippen LogP contribution in [0.5, 0.6) is 0 Å². The number of hydrogen-bond donors (Lipinski definition) is 1. The van der Waals surface area contributed by atoms with E-state index >= 15 is 0 Å². The molecular formula is C14H24N4O. The number of fused-ring (bicyclic) bond motifs is 1. The number of likely N-dealkylation sites (N-methyl/N-ethyl adjacent to an activating group) is 1. The first-order valence-corrected chi connectivity index (χ1v) is 6.94. The predicted molar refractivity (Wildman–Crippen MR) is 73.5 cm³/mol. The van der Waals surface area contributed by atoms with Crippen LogP contribution in [-0.4, -0.2) is 48.2 Å². The molecule has 0 saturated carbocycles. The van der Waals surface area contributed by atoms with Gasteiger partial charge in [-0.05, 0) is 6.54 Å². The van der Waals surface area contributed by atoms with Gasteiger partial charge in [-0.25, -0.2) is 9.97 Å². The van der Waals surface area contributed by atoms with E-state index in [1.165, 1.54) is 16.2 Å². The van der Waals surface area contributed by atoms with Crippen molar-refractivity contribution in [1.29, 1.82) is 0 Å². The highest BCUT2D eigenvalue weighted by atomic mass is 16.5. The second kappa shape index (κ2) is 6.93. The summed E-state index contributed by atoms with van der Waals surface area (Å²) >= 11 is 0. The lowest BCUT2D eigenvalue weighted by molar-refractivity contribution is -0.870. The Balaban J connectivity index is 2.01. The molecule has 1 aromatic heterocycles. The van der Waals surface area contributed by atoms with Gasteiger partial charge in [0.05, 0.1) is 31.9 Å². The average molecular weight is 264 g/mol. The van der Waals surface area contributed by atoms with Crippen LogP contribution in [0.2, 0.25) is 0 Å². The normalized spacial score (nSPS) is 18.6. The number of nitrogens with zero attached hydrogens (tertiary/aromatic N) is 3. The van der Waals surface area contributed by atoms with E-state index in [0.29, 0.717) is 0 Å². The SMILES string of the molecule is [CH2-][NH+]1CCc2nc(CN(CC)CCOC)ncc2C1. The quantitative estimate of drug-likeness (QED) is 0.715. The molecule has 0 aliphatic carbocycles. The Morgan fingerprint density at radius 2 is 2.37 bits per heavy atom. The molecule has 0 spiro atoms. The Morgan fingerprint density at radius 3 is 3.11 bits per heavy atom. The van der Waals surface area contributed by atoms with Crippen molar-refractivity contribution in [3.8, 4) is 0 Å². The first-order valence-electron chi connectivity index (χ1n) is 6.94. The summed E-state index contributed by atoms with van der Waals surface area (Å²) in [5, 5.41) is 0. The molecular weight excluding hydrogens is 240 g/mol. The molecule has 1 aliphatic rings. The Labute approximate surface area is 115 Å². The Bertz CT molecular complexity index is 410. The monoisotopic (exact) mass is 264 g/mol. The maximum absolute atomic E-state index is 5.12. The summed E-state index contributed by atoms with van der Waals surface area (Å²) in [5.74, 6) is 0.921. The first-order chi connectivity index (χ1) is 9.22. The third-order valence-electron chi connectivity index (χ3n) is 3.58. The lowest BCUT2D eigenvalue weighted by Crippen LogP contribution is -3.06. The molecule has 0 bridgehead atoms. The smallest absolute Gasteiger partial charge is 0.142 e. The van der Waals surface area contributed by atoms with Crippen LogP contribution in [0.25, 0.3) is 0 Å². The maximum Gasteiger partial charge on any atom is 0.142 e. The van der Waals surface area contributed by atoms with E-state index in [2.05, 4.69) is 23.9 Å².